The summed E-state index contributed by atoms with van der Waals surface area (Å²) in [5.41, 5.74) is 1.26. The number of hydrogen-bond donors (Lipinski definition) is 2. The van der Waals surface area contributed by atoms with Crippen LogP contribution in [0.3, 0.4) is 0 Å². The third-order valence-electron chi connectivity index (χ3n) is 3.37. The smallest absolute Gasteiger partial charge is 0.330 e. The number of amides is 1. The summed E-state index contributed by atoms with van der Waals surface area (Å²) in [6.45, 7) is 3.82. The van der Waals surface area contributed by atoms with Crippen molar-refractivity contribution in [3.05, 3.63) is 65.7 Å². The summed E-state index contributed by atoms with van der Waals surface area (Å²) >= 11 is 0. The van der Waals surface area contributed by atoms with Crippen LogP contribution >= 0.6 is 0 Å². The summed E-state index contributed by atoms with van der Waals surface area (Å²) in [6, 6.07) is 14.8. The molecule has 0 radical (unpaired) electrons. The second kappa shape index (κ2) is 8.15. The van der Waals surface area contributed by atoms with Crippen LogP contribution in [0.2, 0.25) is 0 Å². The van der Waals surface area contributed by atoms with Gasteiger partial charge >= 0.3 is 5.97 Å². The van der Waals surface area contributed by atoms with Crippen molar-refractivity contribution in [3.63, 3.8) is 0 Å². The minimum atomic E-state index is -1.10. The SMILES string of the molecule is CC(C)Oc1ccccc1CC(=O)N[C@@H](C(=O)O)c1ccccc1. The number of carboxylic acids is 1. The van der Waals surface area contributed by atoms with Crippen molar-refractivity contribution in [2.24, 2.45) is 0 Å². The number of carbonyl (C=O) groups excluding carboxylic acids is 1. The number of hydrogen-bond acceptors (Lipinski definition) is 3. The zero-order valence-electron chi connectivity index (χ0n) is 13.7. The highest BCUT2D eigenvalue weighted by Crippen LogP contribution is 2.20. The van der Waals surface area contributed by atoms with E-state index in [0.29, 0.717) is 11.3 Å². The van der Waals surface area contributed by atoms with Gasteiger partial charge < -0.3 is 15.2 Å². The highest BCUT2D eigenvalue weighted by atomic mass is 16.5. The highest BCUT2D eigenvalue weighted by Gasteiger charge is 2.22. The molecule has 0 aliphatic carbocycles. The zero-order chi connectivity index (χ0) is 17.5. The van der Waals surface area contributed by atoms with Gasteiger partial charge in [0.25, 0.3) is 0 Å². The van der Waals surface area contributed by atoms with Crippen LogP contribution in [-0.4, -0.2) is 23.1 Å². The summed E-state index contributed by atoms with van der Waals surface area (Å²) in [7, 11) is 0. The predicted molar refractivity (Wildman–Crippen MR) is 90.9 cm³/mol. The molecule has 0 aliphatic rings. The number of aliphatic carboxylic acids is 1. The van der Waals surface area contributed by atoms with Crippen molar-refractivity contribution < 1.29 is 19.4 Å². The minimum absolute atomic E-state index is 0.00898. The van der Waals surface area contributed by atoms with Crippen LogP contribution in [0.25, 0.3) is 0 Å². The number of nitrogens with one attached hydrogen (secondary N) is 1. The molecule has 0 saturated carbocycles. The van der Waals surface area contributed by atoms with E-state index in [1.54, 1.807) is 42.5 Å². The minimum Gasteiger partial charge on any atom is -0.491 e. The molecule has 5 nitrogen and oxygen atoms in total. The molecule has 1 atom stereocenters. The van der Waals surface area contributed by atoms with Gasteiger partial charge in [0, 0.05) is 5.56 Å². The van der Waals surface area contributed by atoms with Gasteiger partial charge in [-0.3, -0.25) is 4.79 Å². The Labute approximate surface area is 141 Å². The van der Waals surface area contributed by atoms with Gasteiger partial charge in [-0.15, -0.1) is 0 Å². The van der Waals surface area contributed by atoms with E-state index in [0.717, 1.165) is 5.56 Å². The van der Waals surface area contributed by atoms with Gasteiger partial charge in [0.1, 0.15) is 5.75 Å². The third-order valence-corrected chi connectivity index (χ3v) is 3.37. The van der Waals surface area contributed by atoms with Crippen molar-refractivity contribution in [1.29, 1.82) is 0 Å². The van der Waals surface area contributed by atoms with E-state index in [-0.39, 0.29) is 18.4 Å². The first-order valence-electron chi connectivity index (χ1n) is 7.79. The molecular formula is C19H21NO4. The van der Waals surface area contributed by atoms with Crippen LogP contribution in [0.5, 0.6) is 5.75 Å². The maximum absolute atomic E-state index is 12.3. The lowest BCUT2D eigenvalue weighted by Crippen LogP contribution is -2.34. The molecule has 126 valence electrons. The largest absolute Gasteiger partial charge is 0.491 e. The highest BCUT2D eigenvalue weighted by molar-refractivity contribution is 5.86. The second-order valence-corrected chi connectivity index (χ2v) is 5.70. The van der Waals surface area contributed by atoms with Gasteiger partial charge in [-0.2, -0.15) is 0 Å². The topological polar surface area (TPSA) is 75.6 Å². The number of para-hydroxylation sites is 1. The van der Waals surface area contributed by atoms with Gasteiger partial charge in [-0.05, 0) is 25.5 Å². The first kappa shape index (κ1) is 17.5. The van der Waals surface area contributed by atoms with Crippen molar-refractivity contribution >= 4 is 11.9 Å². The first-order valence-corrected chi connectivity index (χ1v) is 7.79. The van der Waals surface area contributed by atoms with Gasteiger partial charge in [0.05, 0.1) is 12.5 Å². The lowest BCUT2D eigenvalue weighted by atomic mass is 10.1. The van der Waals surface area contributed by atoms with Crippen LogP contribution in [0.1, 0.15) is 31.0 Å². The molecule has 1 amide bonds. The van der Waals surface area contributed by atoms with Crippen LogP contribution in [0.15, 0.2) is 54.6 Å². The lowest BCUT2D eigenvalue weighted by molar-refractivity contribution is -0.141. The average Bonchev–Trinajstić information content (AvgIpc) is 2.54. The second-order valence-electron chi connectivity index (χ2n) is 5.70. The maximum Gasteiger partial charge on any atom is 0.330 e. The Kier molecular flexibility index (Phi) is 5.95. The standard InChI is InChI=1S/C19H21NO4/c1-13(2)24-16-11-7-6-10-15(16)12-17(21)20-18(19(22)23)14-8-4-3-5-9-14/h3-11,13,18H,12H2,1-2H3,(H,20,21)(H,22,23)/t18-/m1/s1. The first-order chi connectivity index (χ1) is 11.5. The van der Waals surface area contributed by atoms with Crippen LogP contribution in [0.4, 0.5) is 0 Å². The summed E-state index contributed by atoms with van der Waals surface area (Å²) in [4.78, 5) is 23.8. The Hall–Kier alpha value is -2.82. The Morgan fingerprint density at radius 2 is 1.67 bits per heavy atom. The van der Waals surface area contributed by atoms with Crippen molar-refractivity contribution in [3.8, 4) is 5.75 Å². The molecule has 24 heavy (non-hydrogen) atoms. The molecule has 0 aromatic heterocycles. The van der Waals surface area contributed by atoms with E-state index in [1.165, 1.54) is 0 Å². The number of ether oxygens (including phenoxy) is 1. The van der Waals surface area contributed by atoms with E-state index in [2.05, 4.69) is 5.32 Å². The van der Waals surface area contributed by atoms with E-state index in [4.69, 9.17) is 4.74 Å². The molecule has 2 aromatic rings. The molecule has 2 rings (SSSR count). The van der Waals surface area contributed by atoms with Crippen LogP contribution < -0.4 is 10.1 Å². The van der Waals surface area contributed by atoms with Gasteiger partial charge in [-0.25, -0.2) is 4.79 Å². The van der Waals surface area contributed by atoms with E-state index >= 15 is 0 Å². The quantitative estimate of drug-likeness (QED) is 0.820. The molecule has 0 spiro atoms. The molecule has 0 bridgehead atoms. The normalized spacial score (nSPS) is 11.8. The monoisotopic (exact) mass is 327 g/mol. The van der Waals surface area contributed by atoms with Crippen LogP contribution in [0, 0.1) is 0 Å². The number of carbonyl (C=O) groups is 2. The fourth-order valence-corrected chi connectivity index (χ4v) is 2.34. The van der Waals surface area contributed by atoms with Gasteiger partial charge in [0.2, 0.25) is 5.91 Å². The van der Waals surface area contributed by atoms with E-state index in [9.17, 15) is 14.7 Å². The van der Waals surface area contributed by atoms with Gasteiger partial charge in [-0.1, -0.05) is 48.5 Å². The molecule has 0 unspecified atom stereocenters. The predicted octanol–water partition coefficient (Wildman–Crippen LogP) is 2.96. The Morgan fingerprint density at radius 3 is 2.29 bits per heavy atom. The van der Waals surface area contributed by atoms with Gasteiger partial charge in [0.15, 0.2) is 6.04 Å². The molecular weight excluding hydrogens is 306 g/mol. The molecule has 0 aliphatic heterocycles. The molecule has 0 saturated heterocycles. The number of rotatable bonds is 7. The summed E-state index contributed by atoms with van der Waals surface area (Å²) in [5.74, 6) is -0.832. The molecule has 0 heterocycles. The van der Waals surface area contributed by atoms with Crippen LogP contribution in [-0.2, 0) is 16.0 Å². The number of benzene rings is 2. The molecule has 5 heteroatoms. The Morgan fingerprint density at radius 1 is 1.04 bits per heavy atom. The number of carboxylic acid groups (broad SMARTS) is 1. The Bertz CT molecular complexity index is 698. The zero-order valence-corrected chi connectivity index (χ0v) is 13.7. The Balaban J connectivity index is 2.11. The fourth-order valence-electron chi connectivity index (χ4n) is 2.34. The maximum atomic E-state index is 12.3. The van der Waals surface area contributed by atoms with Crippen molar-refractivity contribution in [2.75, 3.05) is 0 Å². The third kappa shape index (κ3) is 4.84. The fraction of sp³-hybridized carbons (Fsp3) is 0.263. The molecule has 2 aromatic carbocycles. The summed E-state index contributed by atoms with van der Waals surface area (Å²) in [5, 5.41) is 11.9. The molecule has 2 N–H and O–H groups in total. The lowest BCUT2D eigenvalue weighted by Gasteiger charge is -2.17. The van der Waals surface area contributed by atoms with Crippen molar-refractivity contribution in [2.45, 2.75) is 32.4 Å². The molecule has 0 fully saturated rings. The van der Waals surface area contributed by atoms with E-state index in [1.807, 2.05) is 26.0 Å². The summed E-state index contributed by atoms with van der Waals surface area (Å²) in [6.07, 6.45) is 0.0461. The van der Waals surface area contributed by atoms with E-state index < -0.39 is 12.0 Å². The summed E-state index contributed by atoms with van der Waals surface area (Å²) < 4.78 is 5.69. The average molecular weight is 327 g/mol. The van der Waals surface area contributed by atoms with Crippen molar-refractivity contribution in [1.82, 2.24) is 5.32 Å².